The van der Waals surface area contributed by atoms with E-state index in [9.17, 15) is 9.18 Å². The van der Waals surface area contributed by atoms with Crippen molar-refractivity contribution in [1.82, 2.24) is 0 Å². The molecule has 1 atom stereocenters. The van der Waals surface area contributed by atoms with E-state index in [-0.39, 0.29) is 19.0 Å². The number of hydrogen-bond donors (Lipinski definition) is 1. The van der Waals surface area contributed by atoms with Gasteiger partial charge in [-0.1, -0.05) is 13.0 Å². The molecule has 1 saturated heterocycles. The molecule has 1 aliphatic rings. The predicted octanol–water partition coefficient (Wildman–Crippen LogP) is 1.71. The van der Waals surface area contributed by atoms with Gasteiger partial charge in [-0.05, 0) is 24.1 Å². The Morgan fingerprint density at radius 1 is 1.59 bits per heavy atom. The van der Waals surface area contributed by atoms with E-state index in [0.29, 0.717) is 17.7 Å². The maximum atomic E-state index is 13.6. The van der Waals surface area contributed by atoms with Crippen LogP contribution in [0.25, 0.3) is 0 Å². The molecule has 1 amide bonds. The van der Waals surface area contributed by atoms with Gasteiger partial charge in [-0.3, -0.25) is 4.90 Å². The lowest BCUT2D eigenvalue weighted by Crippen LogP contribution is -2.25. The highest BCUT2D eigenvalue weighted by Gasteiger charge is 2.31. The van der Waals surface area contributed by atoms with Crippen LogP contribution in [0.15, 0.2) is 18.2 Å². The molecule has 17 heavy (non-hydrogen) atoms. The molecule has 1 fully saturated rings. The van der Waals surface area contributed by atoms with E-state index in [1.807, 2.05) is 6.92 Å². The van der Waals surface area contributed by atoms with E-state index < -0.39 is 12.2 Å². The number of nitrogens with zero attached hydrogens (tertiary/aromatic N) is 1. The Morgan fingerprint density at radius 2 is 2.35 bits per heavy atom. The maximum Gasteiger partial charge on any atom is 0.414 e. The van der Waals surface area contributed by atoms with Crippen LogP contribution < -0.4 is 4.90 Å². The van der Waals surface area contributed by atoms with Crippen molar-refractivity contribution in [3.8, 4) is 0 Å². The molecule has 0 saturated carbocycles. The van der Waals surface area contributed by atoms with E-state index >= 15 is 0 Å². The maximum absolute atomic E-state index is 13.6. The van der Waals surface area contributed by atoms with Crippen molar-refractivity contribution in [2.45, 2.75) is 19.4 Å². The molecule has 1 aliphatic heterocycles. The average molecular weight is 239 g/mol. The lowest BCUT2D eigenvalue weighted by atomic mass is 10.1. The largest absolute Gasteiger partial charge is 0.441 e. The molecule has 1 aromatic carbocycles. The second kappa shape index (κ2) is 4.71. The molecule has 1 heterocycles. The van der Waals surface area contributed by atoms with Gasteiger partial charge in [0.1, 0.15) is 11.9 Å². The molecule has 1 N–H and O–H groups in total. The van der Waals surface area contributed by atoms with E-state index in [0.717, 1.165) is 0 Å². The van der Waals surface area contributed by atoms with Gasteiger partial charge in [0.25, 0.3) is 0 Å². The van der Waals surface area contributed by atoms with Crippen LogP contribution in [0.1, 0.15) is 12.5 Å². The minimum atomic E-state index is -0.548. The number of hydrogen-bond acceptors (Lipinski definition) is 3. The first-order valence-corrected chi connectivity index (χ1v) is 5.53. The molecule has 0 aromatic heterocycles. The van der Waals surface area contributed by atoms with Gasteiger partial charge in [0.05, 0.1) is 18.8 Å². The van der Waals surface area contributed by atoms with E-state index in [1.165, 1.54) is 11.0 Å². The molecule has 2 rings (SSSR count). The SMILES string of the molecule is CCc1ccc(N2CC(CO)OC2=O)cc1F. The summed E-state index contributed by atoms with van der Waals surface area (Å²) in [7, 11) is 0. The quantitative estimate of drug-likeness (QED) is 0.873. The number of ether oxygens (including phenoxy) is 1. The zero-order valence-corrected chi connectivity index (χ0v) is 9.52. The molecular formula is C12H14FNO3. The highest BCUT2D eigenvalue weighted by molar-refractivity contribution is 5.89. The number of aryl methyl sites for hydroxylation is 1. The minimum Gasteiger partial charge on any atom is -0.441 e. The molecule has 0 bridgehead atoms. The Labute approximate surface area is 98.6 Å². The van der Waals surface area contributed by atoms with Crippen LogP contribution in [-0.4, -0.2) is 30.5 Å². The molecule has 5 heteroatoms. The minimum absolute atomic E-state index is 0.224. The van der Waals surface area contributed by atoms with Gasteiger partial charge in [0.15, 0.2) is 0 Å². The van der Waals surface area contributed by atoms with Gasteiger partial charge in [-0.2, -0.15) is 0 Å². The summed E-state index contributed by atoms with van der Waals surface area (Å²) < 4.78 is 18.5. The lowest BCUT2D eigenvalue weighted by Gasteiger charge is -2.13. The van der Waals surface area contributed by atoms with Crippen molar-refractivity contribution in [2.75, 3.05) is 18.1 Å². The van der Waals surface area contributed by atoms with Crippen molar-refractivity contribution in [1.29, 1.82) is 0 Å². The standard InChI is InChI=1S/C12H14FNO3/c1-2-8-3-4-9(5-11(8)13)14-6-10(7-15)17-12(14)16/h3-5,10,15H,2,6-7H2,1H3. The molecule has 0 spiro atoms. The van der Waals surface area contributed by atoms with E-state index in [1.54, 1.807) is 12.1 Å². The number of carbonyl (C=O) groups excluding carboxylic acids is 1. The first-order valence-electron chi connectivity index (χ1n) is 5.53. The Bertz CT molecular complexity index is 436. The van der Waals surface area contributed by atoms with Gasteiger partial charge >= 0.3 is 6.09 Å². The second-order valence-electron chi connectivity index (χ2n) is 3.93. The monoisotopic (exact) mass is 239 g/mol. The summed E-state index contributed by atoms with van der Waals surface area (Å²) in [5.74, 6) is -0.328. The topological polar surface area (TPSA) is 49.8 Å². The molecule has 1 unspecified atom stereocenters. The van der Waals surface area contributed by atoms with Crippen molar-refractivity contribution in [2.24, 2.45) is 0 Å². The highest BCUT2D eigenvalue weighted by Crippen LogP contribution is 2.23. The van der Waals surface area contributed by atoms with Crippen LogP contribution in [0, 0.1) is 5.82 Å². The normalized spacial score (nSPS) is 19.6. The second-order valence-corrected chi connectivity index (χ2v) is 3.93. The fraction of sp³-hybridized carbons (Fsp3) is 0.417. The Kier molecular flexibility index (Phi) is 3.28. The number of cyclic esters (lactones) is 1. The summed E-state index contributed by atoms with van der Waals surface area (Å²) >= 11 is 0. The van der Waals surface area contributed by atoms with Crippen molar-refractivity contribution < 1.29 is 19.0 Å². The van der Waals surface area contributed by atoms with Crippen molar-refractivity contribution >= 4 is 11.8 Å². The number of benzene rings is 1. The average Bonchev–Trinajstić information content (AvgIpc) is 2.70. The van der Waals surface area contributed by atoms with Gasteiger partial charge in [0.2, 0.25) is 0 Å². The first-order chi connectivity index (χ1) is 8.15. The van der Waals surface area contributed by atoms with Gasteiger partial charge in [-0.15, -0.1) is 0 Å². The summed E-state index contributed by atoms with van der Waals surface area (Å²) in [6.07, 6.45) is -0.473. The fourth-order valence-corrected chi connectivity index (χ4v) is 1.82. The molecule has 0 aliphatic carbocycles. The Hall–Kier alpha value is -1.62. The third-order valence-electron chi connectivity index (χ3n) is 2.81. The van der Waals surface area contributed by atoms with Crippen LogP contribution in [0.2, 0.25) is 0 Å². The molecule has 1 aromatic rings. The number of halogens is 1. The zero-order chi connectivity index (χ0) is 12.4. The molecule has 4 nitrogen and oxygen atoms in total. The lowest BCUT2D eigenvalue weighted by molar-refractivity contribution is 0.0963. The zero-order valence-electron chi connectivity index (χ0n) is 9.52. The molecule has 0 radical (unpaired) electrons. The molecule has 92 valence electrons. The third kappa shape index (κ3) is 2.24. The summed E-state index contributed by atoms with van der Waals surface area (Å²) in [5.41, 5.74) is 1.07. The van der Waals surface area contributed by atoms with Crippen molar-refractivity contribution in [3.63, 3.8) is 0 Å². The van der Waals surface area contributed by atoms with Gasteiger partial charge in [-0.25, -0.2) is 9.18 Å². The van der Waals surface area contributed by atoms with Crippen LogP contribution in [0.5, 0.6) is 0 Å². The van der Waals surface area contributed by atoms with Crippen molar-refractivity contribution in [3.05, 3.63) is 29.6 Å². The van der Waals surface area contributed by atoms with Gasteiger partial charge < -0.3 is 9.84 Å². The van der Waals surface area contributed by atoms with Crippen LogP contribution in [0.3, 0.4) is 0 Å². The number of aliphatic hydroxyl groups is 1. The third-order valence-corrected chi connectivity index (χ3v) is 2.81. The van der Waals surface area contributed by atoms with Crippen LogP contribution in [0.4, 0.5) is 14.9 Å². The summed E-state index contributed by atoms with van der Waals surface area (Å²) in [5, 5.41) is 8.91. The summed E-state index contributed by atoms with van der Waals surface area (Å²) in [6, 6.07) is 4.66. The number of aliphatic hydroxyl groups excluding tert-OH is 1. The van der Waals surface area contributed by atoms with Crippen LogP contribution in [-0.2, 0) is 11.2 Å². The van der Waals surface area contributed by atoms with E-state index in [2.05, 4.69) is 0 Å². The number of rotatable bonds is 3. The van der Waals surface area contributed by atoms with Crippen LogP contribution >= 0.6 is 0 Å². The fourth-order valence-electron chi connectivity index (χ4n) is 1.82. The number of amides is 1. The van der Waals surface area contributed by atoms with E-state index in [4.69, 9.17) is 9.84 Å². The highest BCUT2D eigenvalue weighted by atomic mass is 19.1. The summed E-state index contributed by atoms with van der Waals surface area (Å²) in [4.78, 5) is 12.8. The number of carbonyl (C=O) groups is 1. The predicted molar refractivity (Wildman–Crippen MR) is 60.5 cm³/mol. The smallest absolute Gasteiger partial charge is 0.414 e. The van der Waals surface area contributed by atoms with Gasteiger partial charge in [0, 0.05) is 0 Å². The molecular weight excluding hydrogens is 225 g/mol. The Balaban J connectivity index is 2.23. The number of anilines is 1. The summed E-state index contributed by atoms with van der Waals surface area (Å²) in [6.45, 7) is 1.89. The Morgan fingerprint density at radius 3 is 2.88 bits per heavy atom. The first kappa shape index (κ1) is 11.9.